The minimum Gasteiger partial charge on any atom is -0.309 e. The van der Waals surface area contributed by atoms with Gasteiger partial charge < -0.3 is 14.0 Å². The third-order valence-corrected chi connectivity index (χ3v) is 9.30. The second kappa shape index (κ2) is 9.18. The summed E-state index contributed by atoms with van der Waals surface area (Å²) in [4.78, 5) is 6.72. The van der Waals surface area contributed by atoms with E-state index < -0.39 is 0 Å². The molecule has 0 amide bonds. The molecule has 210 valence electrons. The Balaban J connectivity index is 1.27. The molecule has 6 aromatic carbocycles. The highest BCUT2D eigenvalue weighted by Crippen LogP contribution is 2.50. The van der Waals surface area contributed by atoms with Gasteiger partial charge in [0.1, 0.15) is 0 Å². The zero-order chi connectivity index (χ0) is 29.5. The Morgan fingerprint density at radius 1 is 0.400 bits per heavy atom. The molecule has 4 heteroatoms. The average molecular weight is 575 g/mol. The minimum atomic E-state index is 1.12. The number of para-hydroxylation sites is 5. The van der Waals surface area contributed by atoms with Crippen LogP contribution in [0.1, 0.15) is 0 Å². The van der Waals surface area contributed by atoms with Gasteiger partial charge in [0.05, 0.1) is 39.1 Å². The van der Waals surface area contributed by atoms with Crippen LogP contribution in [0.3, 0.4) is 0 Å². The molecule has 0 unspecified atom stereocenters. The molecule has 1 aliphatic heterocycles. The number of aromatic nitrogens is 3. The maximum absolute atomic E-state index is 4.32. The summed E-state index contributed by atoms with van der Waals surface area (Å²) in [6.07, 6.45) is 3.73. The molecule has 3 aromatic heterocycles. The van der Waals surface area contributed by atoms with E-state index in [0.29, 0.717) is 0 Å². The van der Waals surface area contributed by atoms with Gasteiger partial charge in [0.2, 0.25) is 0 Å². The van der Waals surface area contributed by atoms with E-state index in [1.807, 2.05) is 18.5 Å². The van der Waals surface area contributed by atoms with Gasteiger partial charge in [0, 0.05) is 45.3 Å². The van der Waals surface area contributed by atoms with Crippen molar-refractivity contribution in [3.63, 3.8) is 0 Å². The molecule has 10 rings (SSSR count). The van der Waals surface area contributed by atoms with E-state index in [1.54, 1.807) is 0 Å². The zero-order valence-electron chi connectivity index (χ0n) is 24.3. The van der Waals surface area contributed by atoms with Crippen molar-refractivity contribution < 1.29 is 0 Å². The average Bonchev–Trinajstić information content (AvgIpc) is 3.61. The molecule has 0 radical (unpaired) electrons. The molecule has 0 fully saturated rings. The van der Waals surface area contributed by atoms with Gasteiger partial charge in [-0.2, -0.15) is 0 Å². The van der Waals surface area contributed by atoms with E-state index in [1.165, 1.54) is 60.7 Å². The van der Waals surface area contributed by atoms with Crippen molar-refractivity contribution in [2.45, 2.75) is 0 Å². The predicted octanol–water partition coefficient (Wildman–Crippen LogP) is 10.7. The molecule has 0 saturated heterocycles. The van der Waals surface area contributed by atoms with Crippen molar-refractivity contribution in [1.29, 1.82) is 0 Å². The smallest absolute Gasteiger partial charge is 0.0783 e. The second-order valence-electron chi connectivity index (χ2n) is 11.7. The lowest BCUT2D eigenvalue weighted by Crippen LogP contribution is -2.18. The standard InChI is InChI=1S/C41H26N4/c1-2-11-29(12-3-1)43-35-15-5-4-13-31(35)33-24-34-32-14-8-18-38-41(32)45(40(34)25-39(33)43)37-17-7-6-16-36(37)44(38)30-21-19-27(20-22-30)28-10-9-23-42-26-28/h1-26H. The summed E-state index contributed by atoms with van der Waals surface area (Å²) >= 11 is 0. The lowest BCUT2D eigenvalue weighted by molar-refractivity contribution is 1.11. The number of anilines is 3. The van der Waals surface area contributed by atoms with Crippen LogP contribution in [0.25, 0.3) is 66.1 Å². The Bertz CT molecular complexity index is 2580. The second-order valence-corrected chi connectivity index (χ2v) is 11.7. The normalized spacial score (nSPS) is 12.4. The number of hydrogen-bond acceptors (Lipinski definition) is 2. The van der Waals surface area contributed by atoms with E-state index in [-0.39, 0.29) is 0 Å². The number of pyridine rings is 1. The topological polar surface area (TPSA) is 26.0 Å². The van der Waals surface area contributed by atoms with Crippen LogP contribution in [0, 0.1) is 0 Å². The molecule has 4 heterocycles. The number of hydrogen-bond donors (Lipinski definition) is 0. The maximum atomic E-state index is 4.32. The van der Waals surface area contributed by atoms with Crippen LogP contribution in [0.2, 0.25) is 0 Å². The summed E-state index contributed by atoms with van der Waals surface area (Å²) in [7, 11) is 0. The summed E-state index contributed by atoms with van der Waals surface area (Å²) in [6, 6.07) is 52.7. The Morgan fingerprint density at radius 3 is 1.96 bits per heavy atom. The molecule has 9 aromatic rings. The van der Waals surface area contributed by atoms with E-state index in [9.17, 15) is 0 Å². The fraction of sp³-hybridized carbons (Fsp3) is 0. The number of rotatable bonds is 3. The van der Waals surface area contributed by atoms with Crippen LogP contribution < -0.4 is 4.90 Å². The first-order valence-corrected chi connectivity index (χ1v) is 15.3. The zero-order valence-corrected chi connectivity index (χ0v) is 24.3. The minimum absolute atomic E-state index is 1.12. The SMILES string of the molecule is c1ccc(-n2c3ccccc3c3cc4c5cccc6c5n(c4cc32)-c2ccccc2N6c2ccc(-c3cccnc3)cc2)cc1. The molecule has 1 aliphatic rings. The largest absolute Gasteiger partial charge is 0.309 e. The molecule has 0 atom stereocenters. The van der Waals surface area contributed by atoms with E-state index in [2.05, 4.69) is 159 Å². The third-order valence-electron chi connectivity index (χ3n) is 9.30. The lowest BCUT2D eigenvalue weighted by atomic mass is 10.0. The van der Waals surface area contributed by atoms with Gasteiger partial charge in [-0.1, -0.05) is 78.9 Å². The Labute approximate surface area is 259 Å². The van der Waals surface area contributed by atoms with Crippen LogP contribution in [0.5, 0.6) is 0 Å². The highest BCUT2D eigenvalue weighted by molar-refractivity contribution is 6.22. The fourth-order valence-corrected chi connectivity index (χ4v) is 7.38. The first kappa shape index (κ1) is 24.3. The molecular formula is C41H26N4. The Morgan fingerprint density at radius 2 is 1.11 bits per heavy atom. The van der Waals surface area contributed by atoms with Crippen molar-refractivity contribution >= 4 is 60.7 Å². The van der Waals surface area contributed by atoms with Crippen LogP contribution in [-0.4, -0.2) is 14.1 Å². The first-order chi connectivity index (χ1) is 22.3. The number of fused-ring (bicyclic) bond motifs is 8. The monoisotopic (exact) mass is 574 g/mol. The van der Waals surface area contributed by atoms with Crippen molar-refractivity contribution in [3.05, 3.63) is 158 Å². The Hall–Kier alpha value is -6.13. The Kier molecular flexibility index (Phi) is 4.96. The van der Waals surface area contributed by atoms with Crippen LogP contribution >= 0.6 is 0 Å². The number of nitrogens with zero attached hydrogens (tertiary/aromatic N) is 4. The summed E-state index contributed by atoms with van der Waals surface area (Å²) < 4.78 is 4.88. The third kappa shape index (κ3) is 3.39. The van der Waals surface area contributed by atoms with Gasteiger partial charge in [0.15, 0.2) is 0 Å². The quantitative estimate of drug-likeness (QED) is 0.210. The molecule has 0 saturated carbocycles. The molecular weight excluding hydrogens is 548 g/mol. The summed E-state index contributed by atoms with van der Waals surface area (Å²) in [6.45, 7) is 0. The van der Waals surface area contributed by atoms with Gasteiger partial charge in [-0.15, -0.1) is 0 Å². The van der Waals surface area contributed by atoms with Crippen LogP contribution in [0.4, 0.5) is 17.1 Å². The van der Waals surface area contributed by atoms with Crippen molar-refractivity contribution in [2.75, 3.05) is 4.90 Å². The highest BCUT2D eigenvalue weighted by Gasteiger charge is 2.29. The van der Waals surface area contributed by atoms with Crippen molar-refractivity contribution in [2.24, 2.45) is 0 Å². The van der Waals surface area contributed by atoms with Crippen molar-refractivity contribution in [1.82, 2.24) is 14.1 Å². The van der Waals surface area contributed by atoms with Gasteiger partial charge in [-0.25, -0.2) is 0 Å². The van der Waals surface area contributed by atoms with Gasteiger partial charge in [-0.3, -0.25) is 4.98 Å². The summed E-state index contributed by atoms with van der Waals surface area (Å²) in [5.74, 6) is 0. The van der Waals surface area contributed by atoms with Gasteiger partial charge >= 0.3 is 0 Å². The summed E-state index contributed by atoms with van der Waals surface area (Å²) in [5.41, 5.74) is 12.9. The molecule has 4 nitrogen and oxygen atoms in total. The van der Waals surface area contributed by atoms with Crippen LogP contribution in [0.15, 0.2) is 158 Å². The molecule has 0 aliphatic carbocycles. The maximum Gasteiger partial charge on any atom is 0.0783 e. The fourth-order valence-electron chi connectivity index (χ4n) is 7.38. The van der Waals surface area contributed by atoms with E-state index in [4.69, 9.17) is 0 Å². The van der Waals surface area contributed by atoms with Gasteiger partial charge in [0.25, 0.3) is 0 Å². The molecule has 45 heavy (non-hydrogen) atoms. The molecule has 0 N–H and O–H groups in total. The highest BCUT2D eigenvalue weighted by atomic mass is 15.2. The van der Waals surface area contributed by atoms with Crippen LogP contribution in [-0.2, 0) is 0 Å². The van der Waals surface area contributed by atoms with E-state index >= 15 is 0 Å². The molecule has 0 spiro atoms. The lowest BCUT2D eigenvalue weighted by Gasteiger charge is -2.33. The van der Waals surface area contributed by atoms with Crippen molar-refractivity contribution in [3.8, 4) is 22.5 Å². The first-order valence-electron chi connectivity index (χ1n) is 15.3. The van der Waals surface area contributed by atoms with E-state index in [0.717, 1.165) is 22.5 Å². The number of benzene rings is 6. The molecule has 0 bridgehead atoms. The summed E-state index contributed by atoms with van der Waals surface area (Å²) in [5, 5.41) is 5.05. The predicted molar refractivity (Wildman–Crippen MR) is 187 cm³/mol. The van der Waals surface area contributed by atoms with Gasteiger partial charge in [-0.05, 0) is 77.9 Å².